The van der Waals surface area contributed by atoms with E-state index in [1.165, 1.54) is 12.1 Å². The van der Waals surface area contributed by atoms with Crippen molar-refractivity contribution in [3.63, 3.8) is 0 Å². The number of benzene rings is 2. The van der Waals surface area contributed by atoms with Crippen LogP contribution in [0.5, 0.6) is 11.5 Å². The molecule has 0 aliphatic heterocycles. The normalized spacial score (nSPS) is 15.7. The summed E-state index contributed by atoms with van der Waals surface area (Å²) in [6.45, 7) is 4.64. The van der Waals surface area contributed by atoms with Crippen molar-refractivity contribution in [2.75, 3.05) is 32.6 Å². The molecule has 188 valence electrons. The summed E-state index contributed by atoms with van der Waals surface area (Å²) in [6, 6.07) is 5.93. The minimum atomic E-state index is -4.78. The number of anilines is 1. The maximum atomic E-state index is 14.7. The molecule has 2 N–H and O–H groups in total. The Hall–Kier alpha value is -3.14. The van der Waals surface area contributed by atoms with Crippen LogP contribution in [0.2, 0.25) is 0 Å². The van der Waals surface area contributed by atoms with Gasteiger partial charge in [0.25, 0.3) is 0 Å². The number of rotatable bonds is 9. The van der Waals surface area contributed by atoms with E-state index in [2.05, 4.69) is 20.6 Å². The molecule has 0 spiro atoms. The molecule has 1 aromatic heterocycles. The number of halogens is 4. The molecule has 0 unspecified atom stereocenters. The smallest absolute Gasteiger partial charge is 0.419 e. The number of ether oxygens (including phenoxy) is 2. The zero-order valence-corrected chi connectivity index (χ0v) is 20.0. The van der Waals surface area contributed by atoms with Gasteiger partial charge in [-0.2, -0.15) is 13.2 Å². The Morgan fingerprint density at radius 3 is 2.51 bits per heavy atom. The van der Waals surface area contributed by atoms with Crippen LogP contribution in [0.1, 0.15) is 42.8 Å². The van der Waals surface area contributed by atoms with Crippen molar-refractivity contribution in [1.29, 1.82) is 0 Å². The van der Waals surface area contributed by atoms with Crippen molar-refractivity contribution in [3.05, 3.63) is 53.1 Å². The van der Waals surface area contributed by atoms with Crippen LogP contribution in [0.3, 0.4) is 0 Å². The van der Waals surface area contributed by atoms with Crippen LogP contribution in [-0.4, -0.2) is 37.3 Å². The summed E-state index contributed by atoms with van der Waals surface area (Å²) in [4.78, 5) is 8.90. The van der Waals surface area contributed by atoms with Gasteiger partial charge in [-0.25, -0.2) is 14.4 Å². The number of nitrogens with zero attached hydrogens (tertiary/aromatic N) is 2. The highest BCUT2D eigenvalue weighted by Crippen LogP contribution is 2.46. The molecule has 6 nitrogen and oxygen atoms in total. The van der Waals surface area contributed by atoms with Gasteiger partial charge in [0.15, 0.2) is 11.5 Å². The largest absolute Gasteiger partial charge is 0.493 e. The number of fused-ring (bicyclic) bond motifs is 1. The number of hydrogen-bond donors (Lipinski definition) is 2. The van der Waals surface area contributed by atoms with E-state index in [0.717, 1.165) is 25.5 Å². The van der Waals surface area contributed by atoms with E-state index in [-0.39, 0.29) is 11.0 Å². The lowest BCUT2D eigenvalue weighted by Gasteiger charge is -2.21. The number of alkyl halides is 3. The molecular formula is C25H28F4N4O2. The van der Waals surface area contributed by atoms with Crippen molar-refractivity contribution in [2.24, 2.45) is 5.41 Å². The minimum Gasteiger partial charge on any atom is -0.493 e. The van der Waals surface area contributed by atoms with Gasteiger partial charge < -0.3 is 20.1 Å². The Morgan fingerprint density at radius 2 is 1.89 bits per heavy atom. The summed E-state index contributed by atoms with van der Waals surface area (Å²) in [5, 5.41) is 6.85. The molecule has 1 aliphatic rings. The average Bonchev–Trinajstić information content (AvgIpc) is 3.56. The fraction of sp³-hybridized carbons (Fsp3) is 0.440. The number of hydrogen-bond acceptors (Lipinski definition) is 6. The summed E-state index contributed by atoms with van der Waals surface area (Å²) in [5.74, 6) is 0.522. The molecule has 2 aromatic carbocycles. The SMILES string of the molecule is CNCC1(COc2cc3c(N[C@H](C)c4cccc(C(F)(F)F)c4F)nc(C)nc3cc2OC)CC1. The maximum absolute atomic E-state index is 14.7. The van der Waals surface area contributed by atoms with E-state index >= 15 is 0 Å². The zero-order chi connectivity index (χ0) is 25.4. The highest BCUT2D eigenvalue weighted by atomic mass is 19.4. The average molecular weight is 493 g/mol. The van der Waals surface area contributed by atoms with Gasteiger partial charge in [0.2, 0.25) is 0 Å². The molecule has 3 aromatic rings. The fourth-order valence-corrected chi connectivity index (χ4v) is 4.18. The van der Waals surface area contributed by atoms with Crippen molar-refractivity contribution in [1.82, 2.24) is 15.3 Å². The number of aromatic nitrogens is 2. The Bertz CT molecular complexity index is 1230. The van der Waals surface area contributed by atoms with Gasteiger partial charge in [-0.05, 0) is 45.9 Å². The van der Waals surface area contributed by atoms with Gasteiger partial charge in [-0.3, -0.25) is 0 Å². The maximum Gasteiger partial charge on any atom is 0.419 e. The lowest BCUT2D eigenvalue weighted by molar-refractivity contribution is -0.140. The molecule has 0 radical (unpaired) electrons. The highest BCUT2D eigenvalue weighted by Gasteiger charge is 2.43. The monoisotopic (exact) mass is 492 g/mol. The molecular weight excluding hydrogens is 464 g/mol. The van der Waals surface area contributed by atoms with E-state index in [1.54, 1.807) is 33.1 Å². The van der Waals surface area contributed by atoms with E-state index < -0.39 is 23.6 Å². The number of aryl methyl sites for hydroxylation is 1. The standard InChI is InChI=1S/C25H28F4N4O2/c1-14(16-6-5-7-18(22(16)26)25(27,28)29)31-23-17-10-21(35-13-24(8-9-24)12-30-3)20(34-4)11-19(17)32-15(2)33-23/h5-7,10-11,14,30H,8-9,12-13H2,1-4H3,(H,31,32,33)/t14-/m1/s1. The summed E-state index contributed by atoms with van der Waals surface area (Å²) in [7, 11) is 3.45. The lowest BCUT2D eigenvalue weighted by Crippen LogP contribution is -2.25. The summed E-state index contributed by atoms with van der Waals surface area (Å²) < 4.78 is 66.0. The Labute approximate surface area is 201 Å². The highest BCUT2D eigenvalue weighted by molar-refractivity contribution is 5.92. The first kappa shape index (κ1) is 25.0. The van der Waals surface area contributed by atoms with Crippen LogP contribution >= 0.6 is 0 Å². The first-order valence-corrected chi connectivity index (χ1v) is 11.3. The molecule has 4 rings (SSSR count). The third kappa shape index (κ3) is 5.27. The Morgan fingerprint density at radius 1 is 1.14 bits per heavy atom. The van der Waals surface area contributed by atoms with Gasteiger partial charge in [-0.15, -0.1) is 0 Å². The first-order valence-electron chi connectivity index (χ1n) is 11.3. The van der Waals surface area contributed by atoms with Gasteiger partial charge >= 0.3 is 6.18 Å². The second kappa shape index (κ2) is 9.49. The van der Waals surface area contributed by atoms with Crippen LogP contribution in [0.4, 0.5) is 23.4 Å². The molecule has 10 heteroatoms. The predicted molar refractivity (Wildman–Crippen MR) is 125 cm³/mol. The Balaban J connectivity index is 1.68. The van der Waals surface area contributed by atoms with Crippen molar-refractivity contribution < 1.29 is 27.0 Å². The van der Waals surface area contributed by atoms with Gasteiger partial charge in [0.05, 0.1) is 30.8 Å². The third-order valence-electron chi connectivity index (χ3n) is 6.29. The first-order chi connectivity index (χ1) is 16.6. The van der Waals surface area contributed by atoms with Crippen LogP contribution in [0.15, 0.2) is 30.3 Å². The molecule has 1 saturated carbocycles. The molecule has 0 amide bonds. The van der Waals surface area contributed by atoms with Gasteiger partial charge in [0, 0.05) is 29.0 Å². The molecule has 1 heterocycles. The Kier molecular flexibility index (Phi) is 6.77. The minimum absolute atomic E-state index is 0.0924. The van der Waals surface area contributed by atoms with Gasteiger partial charge in [-0.1, -0.05) is 12.1 Å². The molecule has 1 atom stereocenters. The predicted octanol–water partition coefficient (Wildman–Crippen LogP) is 5.66. The van der Waals surface area contributed by atoms with Crippen molar-refractivity contribution in [2.45, 2.75) is 38.9 Å². The number of methoxy groups -OCH3 is 1. The molecule has 35 heavy (non-hydrogen) atoms. The quantitative estimate of drug-likeness (QED) is 0.376. The summed E-state index contributed by atoms with van der Waals surface area (Å²) in [6.07, 6.45) is -2.65. The topological polar surface area (TPSA) is 68.3 Å². The van der Waals surface area contributed by atoms with E-state index in [1.807, 2.05) is 7.05 Å². The van der Waals surface area contributed by atoms with Crippen LogP contribution in [-0.2, 0) is 6.18 Å². The fourth-order valence-electron chi connectivity index (χ4n) is 4.18. The van der Waals surface area contributed by atoms with Crippen molar-refractivity contribution in [3.8, 4) is 11.5 Å². The second-order valence-corrected chi connectivity index (χ2v) is 9.03. The molecule has 1 aliphatic carbocycles. The van der Waals surface area contributed by atoms with E-state index in [0.29, 0.717) is 40.7 Å². The summed E-state index contributed by atoms with van der Waals surface area (Å²) in [5.41, 5.74) is -0.757. The number of nitrogens with one attached hydrogen (secondary N) is 2. The van der Waals surface area contributed by atoms with Gasteiger partial charge in [0.1, 0.15) is 17.5 Å². The van der Waals surface area contributed by atoms with Crippen LogP contribution in [0, 0.1) is 18.2 Å². The van der Waals surface area contributed by atoms with Crippen LogP contribution < -0.4 is 20.1 Å². The van der Waals surface area contributed by atoms with E-state index in [4.69, 9.17) is 9.47 Å². The van der Waals surface area contributed by atoms with Crippen LogP contribution in [0.25, 0.3) is 10.9 Å². The zero-order valence-electron chi connectivity index (χ0n) is 20.0. The van der Waals surface area contributed by atoms with E-state index in [9.17, 15) is 17.6 Å². The second-order valence-electron chi connectivity index (χ2n) is 9.03. The van der Waals surface area contributed by atoms with Crippen molar-refractivity contribution >= 4 is 16.7 Å². The third-order valence-corrected chi connectivity index (χ3v) is 6.29. The molecule has 1 fully saturated rings. The lowest BCUT2D eigenvalue weighted by atomic mass is 10.0. The molecule has 0 bridgehead atoms. The molecule has 0 saturated heterocycles. The summed E-state index contributed by atoms with van der Waals surface area (Å²) >= 11 is 0.